The second-order valence-corrected chi connectivity index (χ2v) is 5.81. The summed E-state index contributed by atoms with van der Waals surface area (Å²) < 4.78 is 5.18. The van der Waals surface area contributed by atoms with E-state index < -0.39 is 0 Å². The second-order valence-electron chi connectivity index (χ2n) is 3.75. The summed E-state index contributed by atoms with van der Waals surface area (Å²) in [5.41, 5.74) is 7.41. The maximum absolute atomic E-state index is 5.54. The largest absolute Gasteiger partial charge is 0.497 e. The van der Waals surface area contributed by atoms with Crippen LogP contribution in [0.1, 0.15) is 5.01 Å². The average Bonchev–Trinajstić information content (AvgIpc) is 3.01. The molecule has 0 unspecified atom stereocenters. The number of hydrogen-bond acceptors (Lipinski definition) is 7. The number of anilines is 1. The third-order valence-electron chi connectivity index (χ3n) is 2.48. The first-order chi connectivity index (χ1) is 9.24. The van der Waals surface area contributed by atoms with Gasteiger partial charge in [-0.05, 0) is 12.1 Å². The summed E-state index contributed by atoms with van der Waals surface area (Å²) in [4.78, 5) is 7.73. The zero-order valence-electron chi connectivity index (χ0n) is 10.1. The number of thioether (sulfide) groups is 1. The van der Waals surface area contributed by atoms with Gasteiger partial charge in [0.2, 0.25) is 5.13 Å². The van der Waals surface area contributed by atoms with Gasteiger partial charge in [-0.1, -0.05) is 23.1 Å². The van der Waals surface area contributed by atoms with Crippen molar-refractivity contribution in [3.05, 3.63) is 23.2 Å². The molecule has 2 heterocycles. The summed E-state index contributed by atoms with van der Waals surface area (Å²) in [6.07, 6.45) is 0. The number of nitrogen functional groups attached to an aromatic ring is 1. The number of ether oxygens (including phenoxy) is 1. The molecule has 0 atom stereocenters. The Morgan fingerprint density at radius 1 is 1.42 bits per heavy atom. The van der Waals surface area contributed by atoms with E-state index in [1.807, 2.05) is 18.2 Å². The molecular formula is C11H11N5OS2. The van der Waals surface area contributed by atoms with Crippen LogP contribution in [-0.4, -0.2) is 27.3 Å². The van der Waals surface area contributed by atoms with E-state index in [-0.39, 0.29) is 0 Å². The maximum Gasteiger partial charge on any atom is 0.203 e. The van der Waals surface area contributed by atoms with Crippen LogP contribution in [0.4, 0.5) is 5.13 Å². The van der Waals surface area contributed by atoms with E-state index in [2.05, 4.69) is 20.2 Å². The fraction of sp³-hybridized carbons (Fsp3) is 0.182. The van der Waals surface area contributed by atoms with E-state index in [0.717, 1.165) is 26.9 Å². The highest BCUT2D eigenvalue weighted by Gasteiger charge is 2.07. The number of aromatic nitrogens is 4. The fourth-order valence-electron chi connectivity index (χ4n) is 1.62. The minimum absolute atomic E-state index is 0.491. The van der Waals surface area contributed by atoms with Crippen LogP contribution < -0.4 is 10.5 Å². The first-order valence-electron chi connectivity index (χ1n) is 5.49. The van der Waals surface area contributed by atoms with Gasteiger partial charge in [0.15, 0.2) is 5.16 Å². The molecule has 0 saturated heterocycles. The van der Waals surface area contributed by atoms with Gasteiger partial charge in [-0.15, -0.1) is 10.2 Å². The van der Waals surface area contributed by atoms with Gasteiger partial charge in [0.05, 0.1) is 23.9 Å². The number of methoxy groups -OCH3 is 1. The number of nitrogens with two attached hydrogens (primary N) is 1. The molecule has 3 rings (SSSR count). The lowest BCUT2D eigenvalue weighted by molar-refractivity contribution is 0.415. The van der Waals surface area contributed by atoms with Crippen LogP contribution in [0.2, 0.25) is 0 Å². The monoisotopic (exact) mass is 293 g/mol. The molecule has 3 N–H and O–H groups in total. The molecule has 6 nitrogen and oxygen atoms in total. The number of hydrogen-bond donors (Lipinski definition) is 2. The van der Waals surface area contributed by atoms with Crippen molar-refractivity contribution in [2.45, 2.75) is 10.9 Å². The first-order valence-corrected chi connectivity index (χ1v) is 7.29. The van der Waals surface area contributed by atoms with E-state index in [9.17, 15) is 0 Å². The van der Waals surface area contributed by atoms with Gasteiger partial charge in [0, 0.05) is 6.07 Å². The van der Waals surface area contributed by atoms with E-state index in [1.165, 1.54) is 11.3 Å². The van der Waals surface area contributed by atoms with E-state index in [1.54, 1.807) is 18.9 Å². The number of aromatic amines is 1. The van der Waals surface area contributed by atoms with Crippen LogP contribution >= 0.6 is 23.1 Å². The molecule has 0 fully saturated rings. The molecule has 3 aromatic rings. The Hall–Kier alpha value is -1.80. The summed E-state index contributed by atoms with van der Waals surface area (Å²) in [6, 6.07) is 5.75. The average molecular weight is 293 g/mol. The van der Waals surface area contributed by atoms with Gasteiger partial charge in [-0.3, -0.25) is 0 Å². The highest BCUT2D eigenvalue weighted by atomic mass is 32.2. The Morgan fingerprint density at radius 2 is 2.32 bits per heavy atom. The number of H-pyrrole nitrogens is 1. The third kappa shape index (κ3) is 2.64. The van der Waals surface area contributed by atoms with Gasteiger partial charge in [0.1, 0.15) is 10.8 Å². The molecule has 0 aliphatic carbocycles. The van der Waals surface area contributed by atoms with Crippen LogP contribution in [0.25, 0.3) is 11.0 Å². The van der Waals surface area contributed by atoms with Gasteiger partial charge in [-0.2, -0.15) is 0 Å². The Bertz CT molecular complexity index is 708. The lowest BCUT2D eigenvalue weighted by Gasteiger charge is -1.96. The molecule has 0 aliphatic rings. The molecule has 0 radical (unpaired) electrons. The molecule has 19 heavy (non-hydrogen) atoms. The van der Waals surface area contributed by atoms with Crippen LogP contribution in [-0.2, 0) is 5.75 Å². The lowest BCUT2D eigenvalue weighted by Crippen LogP contribution is -1.81. The SMILES string of the molecule is COc1ccc2nc(SCc3nnc(N)s3)[nH]c2c1. The predicted octanol–water partition coefficient (Wildman–Crippen LogP) is 2.30. The molecule has 0 aliphatic heterocycles. The smallest absolute Gasteiger partial charge is 0.203 e. The van der Waals surface area contributed by atoms with Gasteiger partial charge < -0.3 is 15.5 Å². The number of nitrogens with zero attached hydrogens (tertiary/aromatic N) is 3. The molecule has 0 spiro atoms. The number of fused-ring (bicyclic) bond motifs is 1. The Labute approximate surface area is 117 Å². The van der Waals surface area contributed by atoms with E-state index >= 15 is 0 Å². The highest BCUT2D eigenvalue weighted by molar-refractivity contribution is 7.98. The van der Waals surface area contributed by atoms with Gasteiger partial charge in [-0.25, -0.2) is 4.98 Å². The van der Waals surface area contributed by atoms with Crippen molar-refractivity contribution < 1.29 is 4.74 Å². The second kappa shape index (κ2) is 5.06. The van der Waals surface area contributed by atoms with Crippen molar-refractivity contribution in [2.75, 3.05) is 12.8 Å². The van der Waals surface area contributed by atoms with Crippen LogP contribution in [0, 0.1) is 0 Å². The molecular weight excluding hydrogens is 282 g/mol. The van der Waals surface area contributed by atoms with Crippen LogP contribution in [0.3, 0.4) is 0 Å². The Balaban J connectivity index is 1.77. The minimum atomic E-state index is 0.491. The van der Waals surface area contributed by atoms with Crippen molar-refractivity contribution >= 4 is 39.3 Å². The number of rotatable bonds is 4. The van der Waals surface area contributed by atoms with Gasteiger partial charge in [0.25, 0.3) is 0 Å². The summed E-state index contributed by atoms with van der Waals surface area (Å²) in [5.74, 6) is 1.51. The summed E-state index contributed by atoms with van der Waals surface area (Å²) >= 11 is 2.96. The fourth-order valence-corrected chi connectivity index (χ4v) is 3.10. The zero-order chi connectivity index (χ0) is 13.2. The van der Waals surface area contributed by atoms with Crippen LogP contribution in [0.5, 0.6) is 5.75 Å². The minimum Gasteiger partial charge on any atom is -0.497 e. The van der Waals surface area contributed by atoms with Crippen molar-refractivity contribution in [1.82, 2.24) is 20.2 Å². The molecule has 2 aromatic heterocycles. The van der Waals surface area contributed by atoms with E-state index in [0.29, 0.717) is 10.9 Å². The number of benzene rings is 1. The van der Waals surface area contributed by atoms with Crippen molar-refractivity contribution in [3.8, 4) is 5.75 Å². The van der Waals surface area contributed by atoms with E-state index in [4.69, 9.17) is 10.5 Å². The molecule has 0 amide bonds. The molecule has 98 valence electrons. The molecule has 8 heteroatoms. The normalized spacial score (nSPS) is 11.0. The van der Waals surface area contributed by atoms with Crippen molar-refractivity contribution in [2.24, 2.45) is 0 Å². The number of nitrogens with one attached hydrogen (secondary N) is 1. The summed E-state index contributed by atoms with van der Waals surface area (Å²) in [5, 5.41) is 9.98. The zero-order valence-corrected chi connectivity index (χ0v) is 11.7. The topological polar surface area (TPSA) is 89.7 Å². The number of imidazole rings is 1. The maximum atomic E-state index is 5.54. The third-order valence-corrected chi connectivity index (χ3v) is 4.30. The van der Waals surface area contributed by atoms with Crippen LogP contribution in [0.15, 0.2) is 23.4 Å². The van der Waals surface area contributed by atoms with Crippen molar-refractivity contribution in [1.29, 1.82) is 0 Å². The molecule has 0 saturated carbocycles. The summed E-state index contributed by atoms with van der Waals surface area (Å²) in [6.45, 7) is 0. The van der Waals surface area contributed by atoms with Gasteiger partial charge >= 0.3 is 0 Å². The highest BCUT2D eigenvalue weighted by Crippen LogP contribution is 2.26. The summed E-state index contributed by atoms with van der Waals surface area (Å²) in [7, 11) is 1.65. The predicted molar refractivity (Wildman–Crippen MR) is 76.5 cm³/mol. The quantitative estimate of drug-likeness (QED) is 0.717. The lowest BCUT2D eigenvalue weighted by atomic mass is 10.3. The Morgan fingerprint density at radius 3 is 3.05 bits per heavy atom. The van der Waals surface area contributed by atoms with Crippen molar-refractivity contribution in [3.63, 3.8) is 0 Å². The first kappa shape index (κ1) is 12.2. The Kier molecular flexibility index (Phi) is 3.26. The standard InChI is InChI=1S/C11H11N5OS2/c1-17-6-2-3-7-8(4-6)14-11(13-7)18-5-9-15-16-10(12)19-9/h2-4H,5H2,1H3,(H2,12,16)(H,13,14). The molecule has 0 bridgehead atoms. The molecule has 1 aromatic carbocycles.